The normalized spacial score (nSPS) is 11.4. The van der Waals surface area contributed by atoms with Gasteiger partial charge in [0.1, 0.15) is 5.69 Å². The van der Waals surface area contributed by atoms with Crippen molar-refractivity contribution in [3.63, 3.8) is 0 Å². The minimum absolute atomic E-state index is 0.163. The summed E-state index contributed by atoms with van der Waals surface area (Å²) in [5, 5.41) is 39.7. The number of phenolic OH excluding ortho intramolecular Hbond substituents is 1. The lowest BCUT2D eigenvalue weighted by Gasteiger charge is -2.12. The van der Waals surface area contributed by atoms with E-state index in [4.69, 9.17) is 5.11 Å². The molecule has 6 heteroatoms. The minimum atomic E-state index is 0.163. The third-order valence-electron chi connectivity index (χ3n) is 6.73. The van der Waals surface area contributed by atoms with Crippen molar-refractivity contribution >= 4 is 44.3 Å². The van der Waals surface area contributed by atoms with Gasteiger partial charge in [-0.05, 0) is 104 Å². The zero-order valence-corrected chi connectivity index (χ0v) is 22.6. The Morgan fingerprint density at radius 3 is 1.97 bits per heavy atom. The average molecular weight is 505 g/mol. The smallest absolute Gasteiger partial charge is 0.151 e. The zero-order valence-electron chi connectivity index (χ0n) is 22.6. The van der Waals surface area contributed by atoms with E-state index in [9.17, 15) is 5.11 Å². The summed E-state index contributed by atoms with van der Waals surface area (Å²) in [5.74, 6) is 0.163. The first-order chi connectivity index (χ1) is 18.3. The van der Waals surface area contributed by atoms with Crippen molar-refractivity contribution in [3.05, 3.63) is 101 Å². The van der Waals surface area contributed by atoms with Crippen LogP contribution in [0.1, 0.15) is 27.8 Å². The summed E-state index contributed by atoms with van der Waals surface area (Å²) < 4.78 is 0. The van der Waals surface area contributed by atoms with Crippen molar-refractivity contribution in [2.45, 2.75) is 34.6 Å². The van der Waals surface area contributed by atoms with E-state index >= 15 is 0 Å². The number of aliphatic hydroxyl groups is 1. The predicted molar refractivity (Wildman–Crippen MR) is 156 cm³/mol. The second-order valence-electron chi connectivity index (χ2n) is 9.36. The quantitative estimate of drug-likeness (QED) is 0.239. The second-order valence-corrected chi connectivity index (χ2v) is 9.36. The molecule has 0 aliphatic carbocycles. The van der Waals surface area contributed by atoms with Gasteiger partial charge in [0.15, 0.2) is 5.75 Å². The summed E-state index contributed by atoms with van der Waals surface area (Å²) >= 11 is 0. The molecule has 0 unspecified atom stereocenters. The Bertz CT molecular complexity index is 1690. The van der Waals surface area contributed by atoms with Crippen molar-refractivity contribution in [2.75, 3.05) is 7.11 Å². The van der Waals surface area contributed by atoms with Crippen LogP contribution in [-0.4, -0.2) is 17.3 Å². The van der Waals surface area contributed by atoms with Crippen molar-refractivity contribution in [1.82, 2.24) is 0 Å². The van der Waals surface area contributed by atoms with Gasteiger partial charge in [-0.15, -0.1) is 10.2 Å². The van der Waals surface area contributed by atoms with Crippen LogP contribution in [0.2, 0.25) is 0 Å². The number of nitrogens with zero attached hydrogens (tertiary/aromatic N) is 4. The van der Waals surface area contributed by atoms with Crippen LogP contribution in [0.4, 0.5) is 22.7 Å². The Kier molecular flexibility index (Phi) is 7.93. The van der Waals surface area contributed by atoms with Crippen LogP contribution in [0.3, 0.4) is 0 Å². The van der Waals surface area contributed by atoms with Gasteiger partial charge in [0, 0.05) is 17.9 Å². The number of aromatic hydroxyl groups is 1. The number of rotatable bonds is 4. The summed E-state index contributed by atoms with van der Waals surface area (Å²) in [5.41, 5.74) is 8.33. The van der Waals surface area contributed by atoms with Crippen molar-refractivity contribution in [2.24, 2.45) is 20.5 Å². The first-order valence-electron chi connectivity index (χ1n) is 12.4. The van der Waals surface area contributed by atoms with E-state index in [1.807, 2.05) is 81.4 Å². The standard InChI is InChI=1S/C31H28N4O.CH4O/c1-18-9-11-24(12-10-18)32-35-29-17-23-7-6-8-27(26(23)16-21(29)4)33-34-28-14-13-25-20(3)15-19(2)22(5)30(25)31(28)36;1-2/h6-17,36H,1-5H3;2H,1H3. The van der Waals surface area contributed by atoms with Gasteiger partial charge in [-0.25, -0.2) is 0 Å². The van der Waals surface area contributed by atoms with Crippen LogP contribution < -0.4 is 0 Å². The number of phenols is 1. The molecule has 0 aliphatic rings. The maximum Gasteiger partial charge on any atom is 0.151 e. The third-order valence-corrected chi connectivity index (χ3v) is 6.73. The summed E-state index contributed by atoms with van der Waals surface area (Å²) in [7, 11) is 1.00. The van der Waals surface area contributed by atoms with E-state index in [0.29, 0.717) is 5.69 Å². The van der Waals surface area contributed by atoms with Gasteiger partial charge in [0.25, 0.3) is 0 Å². The lowest BCUT2D eigenvalue weighted by Crippen LogP contribution is -1.88. The number of benzene rings is 5. The number of fused-ring (bicyclic) bond motifs is 2. The van der Waals surface area contributed by atoms with Gasteiger partial charge in [-0.2, -0.15) is 10.2 Å². The monoisotopic (exact) mass is 504 g/mol. The molecule has 5 rings (SSSR count). The highest BCUT2D eigenvalue weighted by Gasteiger charge is 2.13. The van der Waals surface area contributed by atoms with E-state index < -0.39 is 0 Å². The van der Waals surface area contributed by atoms with E-state index in [1.165, 1.54) is 5.56 Å². The molecule has 0 bridgehead atoms. The summed E-state index contributed by atoms with van der Waals surface area (Å²) in [6.07, 6.45) is 0. The molecule has 192 valence electrons. The van der Waals surface area contributed by atoms with Crippen LogP contribution in [0, 0.1) is 34.6 Å². The summed E-state index contributed by atoms with van der Waals surface area (Å²) in [4.78, 5) is 0. The molecule has 5 aromatic carbocycles. The number of hydrogen-bond donors (Lipinski definition) is 2. The fourth-order valence-corrected chi connectivity index (χ4v) is 4.51. The Morgan fingerprint density at radius 1 is 0.553 bits per heavy atom. The van der Waals surface area contributed by atoms with Crippen molar-refractivity contribution in [3.8, 4) is 5.75 Å². The predicted octanol–water partition coefficient (Wildman–Crippen LogP) is 9.68. The Balaban J connectivity index is 0.00000164. The lowest BCUT2D eigenvalue weighted by atomic mass is 9.95. The topological polar surface area (TPSA) is 89.9 Å². The van der Waals surface area contributed by atoms with Crippen LogP contribution in [0.5, 0.6) is 5.75 Å². The molecular formula is C32H32N4O2. The molecule has 0 saturated heterocycles. The Morgan fingerprint density at radius 2 is 1.24 bits per heavy atom. The van der Waals surface area contributed by atoms with Crippen LogP contribution >= 0.6 is 0 Å². The van der Waals surface area contributed by atoms with Gasteiger partial charge in [-0.1, -0.05) is 42.0 Å². The molecule has 0 saturated carbocycles. The van der Waals surface area contributed by atoms with E-state index in [1.54, 1.807) is 0 Å². The molecule has 0 radical (unpaired) electrons. The van der Waals surface area contributed by atoms with Crippen molar-refractivity contribution in [1.29, 1.82) is 0 Å². The Hall–Kier alpha value is -4.42. The fraction of sp³-hybridized carbons (Fsp3) is 0.188. The molecule has 0 fully saturated rings. The zero-order chi connectivity index (χ0) is 27.4. The number of hydrogen-bond acceptors (Lipinski definition) is 6. The van der Waals surface area contributed by atoms with Gasteiger partial charge in [0.2, 0.25) is 0 Å². The number of aryl methyl sites for hydroxylation is 5. The summed E-state index contributed by atoms with van der Waals surface area (Å²) in [6.45, 7) is 10.2. The number of azo groups is 2. The second kappa shape index (κ2) is 11.3. The maximum atomic E-state index is 11.0. The Labute approximate surface area is 223 Å². The molecule has 0 aromatic heterocycles. The molecule has 0 heterocycles. The first-order valence-corrected chi connectivity index (χ1v) is 12.4. The maximum absolute atomic E-state index is 11.0. The first kappa shape index (κ1) is 26.6. The van der Waals surface area contributed by atoms with Crippen LogP contribution in [-0.2, 0) is 0 Å². The molecule has 0 amide bonds. The molecular weight excluding hydrogens is 472 g/mol. The van der Waals surface area contributed by atoms with E-state index in [2.05, 4.69) is 46.4 Å². The molecule has 6 nitrogen and oxygen atoms in total. The minimum Gasteiger partial charge on any atom is -0.505 e. The van der Waals surface area contributed by atoms with Gasteiger partial charge in [-0.3, -0.25) is 0 Å². The highest BCUT2D eigenvalue weighted by Crippen LogP contribution is 2.40. The van der Waals surface area contributed by atoms with E-state index in [0.717, 1.165) is 68.0 Å². The van der Waals surface area contributed by atoms with Crippen molar-refractivity contribution < 1.29 is 10.2 Å². The largest absolute Gasteiger partial charge is 0.505 e. The molecule has 0 atom stereocenters. The van der Waals surface area contributed by atoms with Gasteiger partial charge in [0.05, 0.1) is 17.1 Å². The van der Waals surface area contributed by atoms with Crippen LogP contribution in [0.15, 0.2) is 93.3 Å². The molecule has 38 heavy (non-hydrogen) atoms. The van der Waals surface area contributed by atoms with Crippen LogP contribution in [0.25, 0.3) is 21.5 Å². The fourth-order valence-electron chi connectivity index (χ4n) is 4.51. The molecule has 0 spiro atoms. The van der Waals surface area contributed by atoms with Gasteiger partial charge < -0.3 is 10.2 Å². The highest BCUT2D eigenvalue weighted by atomic mass is 16.3. The average Bonchev–Trinajstić information content (AvgIpc) is 2.92. The van der Waals surface area contributed by atoms with Gasteiger partial charge >= 0.3 is 0 Å². The molecule has 5 aromatic rings. The third kappa shape index (κ3) is 5.31. The summed E-state index contributed by atoms with van der Waals surface area (Å²) in [6, 6.07) is 23.9. The molecule has 0 aliphatic heterocycles. The van der Waals surface area contributed by atoms with E-state index in [-0.39, 0.29) is 5.75 Å². The number of aliphatic hydroxyl groups excluding tert-OH is 1. The molecule has 2 N–H and O–H groups in total. The lowest BCUT2D eigenvalue weighted by molar-refractivity contribution is 0.399. The highest BCUT2D eigenvalue weighted by molar-refractivity contribution is 5.98. The SMILES string of the molecule is CO.Cc1ccc(N=Nc2cc3cccc(N=Nc4ccc5c(C)cc(C)c(C)c5c4O)c3cc2C)cc1.